The van der Waals surface area contributed by atoms with Gasteiger partial charge in [-0.15, -0.1) is 0 Å². The van der Waals surface area contributed by atoms with Crippen LogP contribution in [0.4, 0.5) is 0 Å². The summed E-state index contributed by atoms with van der Waals surface area (Å²) in [5.41, 5.74) is -0.330. The van der Waals surface area contributed by atoms with Gasteiger partial charge in [0.2, 0.25) is 5.78 Å². The molecule has 0 saturated carbocycles. The minimum Gasteiger partial charge on any atom is -0.485 e. The maximum Gasteiger partial charge on any atom is 0.309 e. The van der Waals surface area contributed by atoms with Gasteiger partial charge in [0.25, 0.3) is 0 Å². The molecule has 202 valence electrons. The Morgan fingerprint density at radius 2 is 1.64 bits per heavy atom. The molecule has 8 nitrogen and oxygen atoms in total. The molecular weight excluding hydrogens is 518 g/mol. The highest BCUT2D eigenvalue weighted by Crippen LogP contribution is 2.37. The zero-order chi connectivity index (χ0) is 28.5. The Morgan fingerprint density at radius 3 is 2.23 bits per heavy atom. The number of carboxylic acids is 1. The fourth-order valence-corrected chi connectivity index (χ4v) is 4.36. The van der Waals surface area contributed by atoms with Crippen molar-refractivity contribution in [3.63, 3.8) is 0 Å². The summed E-state index contributed by atoms with van der Waals surface area (Å²) in [5, 5.41) is 10.4. The quantitative estimate of drug-likeness (QED) is 0.253. The van der Waals surface area contributed by atoms with Gasteiger partial charge in [-0.25, -0.2) is 9.97 Å². The number of Topliss-reactive ketones (excluding diaryl/α,β-unsaturated/α-hetero) is 1. The number of hydrogen-bond acceptors (Lipinski definition) is 6. The van der Waals surface area contributed by atoms with E-state index in [2.05, 4.69) is 9.97 Å². The molecule has 3 heterocycles. The van der Waals surface area contributed by atoms with E-state index in [0.717, 1.165) is 0 Å². The van der Waals surface area contributed by atoms with Gasteiger partial charge in [0.05, 0.1) is 16.6 Å². The fraction of sp³-hybridized carbons (Fsp3) is 0.300. The molecule has 0 aliphatic heterocycles. The summed E-state index contributed by atoms with van der Waals surface area (Å²) in [6.07, 6.45) is 4.86. The highest BCUT2D eigenvalue weighted by molar-refractivity contribution is 6.30. The molecule has 0 saturated heterocycles. The Bertz CT molecular complexity index is 1550. The number of benzene rings is 1. The summed E-state index contributed by atoms with van der Waals surface area (Å²) >= 11 is 6.05. The van der Waals surface area contributed by atoms with Gasteiger partial charge in [0.1, 0.15) is 12.4 Å². The summed E-state index contributed by atoms with van der Waals surface area (Å²) in [6.45, 7) is 8.63. The minimum absolute atomic E-state index is 0.0378. The topological polar surface area (TPSA) is 111 Å². The monoisotopic (exact) mass is 547 g/mol. The number of ketones is 2. The number of aromatic nitrogens is 3. The average Bonchev–Trinajstić information content (AvgIpc) is 3.19. The molecule has 39 heavy (non-hydrogen) atoms. The molecule has 0 bridgehead atoms. The number of halogens is 1. The molecule has 4 aromatic rings. The number of pyridine rings is 1. The number of aliphatic carboxylic acids is 1. The van der Waals surface area contributed by atoms with Gasteiger partial charge in [0.15, 0.2) is 11.6 Å². The maximum atomic E-state index is 14.0. The van der Waals surface area contributed by atoms with Crippen molar-refractivity contribution in [2.45, 2.75) is 47.6 Å². The Morgan fingerprint density at radius 1 is 1.00 bits per heavy atom. The summed E-state index contributed by atoms with van der Waals surface area (Å²) < 4.78 is 7.57. The number of hydrogen-bond donors (Lipinski definition) is 1. The van der Waals surface area contributed by atoms with Crippen LogP contribution < -0.4 is 4.74 Å². The van der Waals surface area contributed by atoms with Gasteiger partial charge in [-0.2, -0.15) is 0 Å². The van der Waals surface area contributed by atoms with Gasteiger partial charge in [0, 0.05) is 46.2 Å². The van der Waals surface area contributed by atoms with E-state index in [9.17, 15) is 19.5 Å². The van der Waals surface area contributed by atoms with E-state index in [1.54, 1.807) is 100 Å². The van der Waals surface area contributed by atoms with Crippen molar-refractivity contribution in [1.82, 2.24) is 14.4 Å². The Hall–Kier alpha value is -4.04. The number of fused-ring (bicyclic) bond motifs is 1. The molecule has 0 atom stereocenters. The standard InChI is InChI=1S/C30H30ClN3O5/c1-29(2,3)27(36)24-21(16-30(4,5)28(37)38)25(26(35)18-7-9-19(31)10-8-18)34-14-11-20(15-22(24)34)39-17-23-32-12-6-13-33-23/h6-15H,16-17H2,1-5H3,(H,37,38). The molecule has 0 radical (unpaired) electrons. The number of carboxylic acid groups (broad SMARTS) is 1. The second-order valence-electron chi connectivity index (χ2n) is 11.1. The Kier molecular flexibility index (Phi) is 7.61. The van der Waals surface area contributed by atoms with Crippen molar-refractivity contribution < 1.29 is 24.2 Å². The van der Waals surface area contributed by atoms with E-state index >= 15 is 0 Å². The van der Waals surface area contributed by atoms with Crippen molar-refractivity contribution >= 4 is 34.7 Å². The average molecular weight is 548 g/mol. The molecule has 0 aliphatic rings. The first-order valence-corrected chi connectivity index (χ1v) is 12.8. The summed E-state index contributed by atoms with van der Waals surface area (Å²) in [5.74, 6) is -0.665. The number of nitrogens with zero attached hydrogens (tertiary/aromatic N) is 3. The zero-order valence-corrected chi connectivity index (χ0v) is 23.2. The minimum atomic E-state index is -1.25. The van der Waals surface area contributed by atoms with E-state index in [1.807, 2.05) is 0 Å². The lowest BCUT2D eigenvalue weighted by Crippen LogP contribution is -2.29. The van der Waals surface area contributed by atoms with Crippen molar-refractivity contribution in [1.29, 1.82) is 0 Å². The molecule has 0 unspecified atom stereocenters. The lowest BCUT2D eigenvalue weighted by atomic mass is 9.79. The van der Waals surface area contributed by atoms with Gasteiger partial charge in [-0.1, -0.05) is 32.4 Å². The zero-order valence-electron chi connectivity index (χ0n) is 22.5. The molecule has 0 amide bonds. The van der Waals surface area contributed by atoms with Gasteiger partial charge in [-0.05, 0) is 62.2 Å². The lowest BCUT2D eigenvalue weighted by Gasteiger charge is -2.22. The van der Waals surface area contributed by atoms with Gasteiger partial charge >= 0.3 is 5.97 Å². The SMILES string of the molecule is CC(C)(C)C(=O)c1c(CC(C)(C)C(=O)O)c(C(=O)c2ccc(Cl)cc2)n2ccc(OCc3ncccn3)cc12. The molecule has 4 rings (SSSR count). The van der Waals surface area contributed by atoms with Gasteiger partial charge < -0.3 is 14.2 Å². The predicted octanol–water partition coefficient (Wildman–Crippen LogP) is 6.07. The smallest absolute Gasteiger partial charge is 0.309 e. The van der Waals surface area contributed by atoms with Crippen molar-refractivity contribution in [3.05, 3.63) is 94.3 Å². The normalized spacial score (nSPS) is 11.9. The van der Waals surface area contributed by atoms with Crippen LogP contribution in [0.25, 0.3) is 5.52 Å². The highest BCUT2D eigenvalue weighted by atomic mass is 35.5. The van der Waals surface area contributed by atoms with Crippen LogP contribution in [0.5, 0.6) is 5.75 Å². The van der Waals surface area contributed by atoms with E-state index in [4.69, 9.17) is 16.3 Å². The molecule has 1 N–H and O–H groups in total. The number of carbonyl (C=O) groups is 3. The van der Waals surface area contributed by atoms with Crippen LogP contribution in [0.3, 0.4) is 0 Å². The highest BCUT2D eigenvalue weighted by Gasteiger charge is 2.37. The molecule has 0 fully saturated rings. The number of ether oxygens (including phenoxy) is 1. The third-order valence-corrected chi connectivity index (χ3v) is 6.68. The largest absolute Gasteiger partial charge is 0.485 e. The number of carbonyl (C=O) groups excluding carboxylic acids is 2. The second-order valence-corrected chi connectivity index (χ2v) is 11.5. The molecular formula is C30H30ClN3O5. The van der Waals surface area contributed by atoms with E-state index < -0.39 is 16.8 Å². The summed E-state index contributed by atoms with van der Waals surface area (Å²) in [7, 11) is 0. The molecule has 3 aromatic heterocycles. The molecule has 1 aromatic carbocycles. The van der Waals surface area contributed by atoms with Crippen molar-refractivity contribution in [3.8, 4) is 5.75 Å². The van der Waals surface area contributed by atoms with Crippen LogP contribution in [0.2, 0.25) is 5.02 Å². The Balaban J connectivity index is 1.96. The fourth-order valence-electron chi connectivity index (χ4n) is 4.23. The summed E-state index contributed by atoms with van der Waals surface area (Å²) in [6, 6.07) is 11.5. The van der Waals surface area contributed by atoms with Crippen LogP contribution in [0, 0.1) is 10.8 Å². The Labute approximate surface area is 231 Å². The maximum absolute atomic E-state index is 14.0. The molecule has 0 spiro atoms. The van der Waals surface area contributed by atoms with Crippen LogP contribution in [0.15, 0.2) is 61.1 Å². The third kappa shape index (κ3) is 5.86. The van der Waals surface area contributed by atoms with Crippen LogP contribution in [-0.4, -0.2) is 37.0 Å². The first kappa shape index (κ1) is 28.0. The van der Waals surface area contributed by atoms with E-state index in [-0.39, 0.29) is 30.3 Å². The second kappa shape index (κ2) is 10.6. The van der Waals surface area contributed by atoms with E-state index in [1.165, 1.54) is 0 Å². The van der Waals surface area contributed by atoms with Crippen molar-refractivity contribution in [2.75, 3.05) is 0 Å². The molecule has 9 heteroatoms. The summed E-state index contributed by atoms with van der Waals surface area (Å²) in [4.78, 5) is 48.4. The lowest BCUT2D eigenvalue weighted by molar-refractivity contribution is -0.146. The van der Waals surface area contributed by atoms with Crippen LogP contribution in [-0.2, 0) is 17.8 Å². The number of rotatable bonds is 9. The first-order valence-electron chi connectivity index (χ1n) is 12.4. The molecule has 0 aliphatic carbocycles. The van der Waals surface area contributed by atoms with Gasteiger partial charge in [-0.3, -0.25) is 14.4 Å². The third-order valence-electron chi connectivity index (χ3n) is 6.43. The van der Waals surface area contributed by atoms with Crippen LogP contribution >= 0.6 is 11.6 Å². The van der Waals surface area contributed by atoms with Crippen molar-refractivity contribution in [2.24, 2.45) is 10.8 Å². The predicted molar refractivity (Wildman–Crippen MR) is 148 cm³/mol. The first-order chi connectivity index (χ1) is 18.3. The van der Waals surface area contributed by atoms with E-state index in [0.29, 0.717) is 38.8 Å². The van der Waals surface area contributed by atoms with Crippen LogP contribution in [0.1, 0.15) is 72.4 Å².